The Bertz CT molecular complexity index is 599. The second kappa shape index (κ2) is 5.48. The molecule has 2 aromatic rings. The summed E-state index contributed by atoms with van der Waals surface area (Å²) in [4.78, 5) is 13.7. The smallest absolute Gasteiger partial charge is 0.304 e. The molecule has 1 aromatic carbocycles. The lowest BCUT2D eigenvalue weighted by Crippen LogP contribution is -1.92. The van der Waals surface area contributed by atoms with Crippen LogP contribution in [0.5, 0.6) is 0 Å². The van der Waals surface area contributed by atoms with E-state index in [-0.39, 0.29) is 11.5 Å². The summed E-state index contributed by atoms with van der Waals surface area (Å²) in [5.74, 6) is 5.81. The average molecular weight is 245 g/mol. The molecule has 0 atom stereocenters. The third-order valence-corrected chi connectivity index (χ3v) is 2.86. The van der Waals surface area contributed by atoms with Crippen LogP contribution < -0.4 is 4.87 Å². The summed E-state index contributed by atoms with van der Waals surface area (Å²) < 4.78 is 0. The lowest BCUT2D eigenvalue weighted by atomic mass is 10.1. The number of benzene rings is 1. The van der Waals surface area contributed by atoms with Crippen molar-refractivity contribution in [3.63, 3.8) is 0 Å². The number of nitrogens with one attached hydrogen (secondary N) is 1. The van der Waals surface area contributed by atoms with Gasteiger partial charge in [0, 0.05) is 17.4 Å². The maximum atomic E-state index is 11.0. The Balaban J connectivity index is 2.19. The summed E-state index contributed by atoms with van der Waals surface area (Å²) in [5, 5.41) is 10.4. The van der Waals surface area contributed by atoms with Gasteiger partial charge in [0.25, 0.3) is 0 Å². The van der Waals surface area contributed by atoms with Crippen molar-refractivity contribution in [2.45, 2.75) is 6.42 Å². The second-order valence-electron chi connectivity index (χ2n) is 3.41. The quantitative estimate of drug-likeness (QED) is 0.793. The fourth-order valence-corrected chi connectivity index (χ4v) is 1.96. The molecule has 4 heteroatoms. The highest BCUT2D eigenvalue weighted by Gasteiger charge is 1.99. The Labute approximate surface area is 103 Å². The first kappa shape index (κ1) is 11.6. The second-order valence-corrected chi connectivity index (χ2v) is 4.26. The SMILES string of the molecule is O=c1[nH]c(-c2ccc(C#CCCO)cc2)cs1. The minimum Gasteiger partial charge on any atom is -0.395 e. The molecule has 1 aromatic heterocycles. The summed E-state index contributed by atoms with van der Waals surface area (Å²) in [5.41, 5.74) is 2.70. The van der Waals surface area contributed by atoms with Crippen molar-refractivity contribution in [2.24, 2.45) is 0 Å². The zero-order chi connectivity index (χ0) is 12.1. The van der Waals surface area contributed by atoms with Gasteiger partial charge in [-0.1, -0.05) is 35.3 Å². The van der Waals surface area contributed by atoms with Gasteiger partial charge in [-0.3, -0.25) is 4.79 Å². The van der Waals surface area contributed by atoms with Gasteiger partial charge in [0.05, 0.1) is 12.3 Å². The van der Waals surface area contributed by atoms with E-state index < -0.39 is 0 Å². The van der Waals surface area contributed by atoms with E-state index in [1.165, 1.54) is 0 Å². The van der Waals surface area contributed by atoms with E-state index in [9.17, 15) is 4.79 Å². The van der Waals surface area contributed by atoms with E-state index in [2.05, 4.69) is 16.8 Å². The number of thiazole rings is 1. The van der Waals surface area contributed by atoms with E-state index in [1.54, 1.807) is 5.38 Å². The van der Waals surface area contributed by atoms with Crippen LogP contribution in [-0.2, 0) is 0 Å². The maximum absolute atomic E-state index is 11.0. The third-order valence-electron chi connectivity index (χ3n) is 2.19. The van der Waals surface area contributed by atoms with Crippen LogP contribution in [0.25, 0.3) is 11.3 Å². The lowest BCUT2D eigenvalue weighted by molar-refractivity contribution is 0.305. The zero-order valence-electron chi connectivity index (χ0n) is 9.06. The van der Waals surface area contributed by atoms with Crippen molar-refractivity contribution < 1.29 is 5.11 Å². The van der Waals surface area contributed by atoms with Crippen LogP contribution in [-0.4, -0.2) is 16.7 Å². The van der Waals surface area contributed by atoms with Gasteiger partial charge in [-0.25, -0.2) is 0 Å². The van der Waals surface area contributed by atoms with E-state index >= 15 is 0 Å². The molecule has 0 amide bonds. The molecule has 0 unspecified atom stereocenters. The first-order chi connectivity index (χ1) is 8.29. The van der Waals surface area contributed by atoms with Gasteiger partial charge >= 0.3 is 4.87 Å². The number of H-pyrrole nitrogens is 1. The molecule has 0 radical (unpaired) electrons. The molecule has 0 aliphatic carbocycles. The maximum Gasteiger partial charge on any atom is 0.304 e. The van der Waals surface area contributed by atoms with Crippen LogP contribution in [0.15, 0.2) is 34.4 Å². The number of aromatic nitrogens is 1. The standard InChI is InChI=1S/C13H11NO2S/c15-8-2-1-3-10-4-6-11(7-5-10)12-9-17-13(16)14-12/h4-7,9,15H,2,8H2,(H,14,16). The number of aliphatic hydroxyl groups is 1. The first-order valence-electron chi connectivity index (χ1n) is 5.17. The number of hydrogen-bond donors (Lipinski definition) is 2. The molecule has 2 rings (SSSR count). The Morgan fingerprint density at radius 2 is 2.06 bits per heavy atom. The van der Waals surface area contributed by atoms with E-state index in [4.69, 9.17) is 5.11 Å². The van der Waals surface area contributed by atoms with E-state index in [1.807, 2.05) is 24.3 Å². The van der Waals surface area contributed by atoms with Crippen LogP contribution in [0, 0.1) is 11.8 Å². The van der Waals surface area contributed by atoms with Crippen molar-refractivity contribution >= 4 is 11.3 Å². The minimum atomic E-state index is -0.0492. The summed E-state index contributed by atoms with van der Waals surface area (Å²) >= 11 is 1.15. The van der Waals surface area contributed by atoms with Crippen LogP contribution in [0.3, 0.4) is 0 Å². The minimum absolute atomic E-state index is 0.0492. The number of rotatable bonds is 2. The molecule has 1 heterocycles. The molecule has 0 saturated carbocycles. The van der Waals surface area contributed by atoms with Gasteiger partial charge in [0.15, 0.2) is 0 Å². The normalized spacial score (nSPS) is 9.71. The largest absolute Gasteiger partial charge is 0.395 e. The molecule has 17 heavy (non-hydrogen) atoms. The predicted molar refractivity (Wildman–Crippen MR) is 69.0 cm³/mol. The molecule has 0 aliphatic heterocycles. The Kier molecular flexibility index (Phi) is 3.76. The van der Waals surface area contributed by atoms with Gasteiger partial charge in [-0.15, -0.1) is 0 Å². The topological polar surface area (TPSA) is 53.1 Å². The molecular formula is C13H11NO2S. The van der Waals surface area contributed by atoms with E-state index in [0.717, 1.165) is 28.2 Å². The highest BCUT2D eigenvalue weighted by molar-refractivity contribution is 7.07. The van der Waals surface area contributed by atoms with Crippen LogP contribution in [0.1, 0.15) is 12.0 Å². The number of hydrogen-bond acceptors (Lipinski definition) is 3. The molecule has 0 aliphatic rings. The van der Waals surface area contributed by atoms with Gasteiger partial charge in [-0.2, -0.15) is 0 Å². The van der Waals surface area contributed by atoms with E-state index in [0.29, 0.717) is 6.42 Å². The van der Waals surface area contributed by atoms with Crippen molar-refractivity contribution in [1.82, 2.24) is 4.98 Å². The fraction of sp³-hybridized carbons (Fsp3) is 0.154. The van der Waals surface area contributed by atoms with Gasteiger partial charge < -0.3 is 10.1 Å². The zero-order valence-corrected chi connectivity index (χ0v) is 9.88. The van der Waals surface area contributed by atoms with Crippen LogP contribution >= 0.6 is 11.3 Å². The first-order valence-corrected chi connectivity index (χ1v) is 6.05. The molecular weight excluding hydrogens is 234 g/mol. The molecule has 86 valence electrons. The summed E-state index contributed by atoms with van der Waals surface area (Å²) in [7, 11) is 0. The molecule has 2 N–H and O–H groups in total. The van der Waals surface area contributed by atoms with Crippen molar-refractivity contribution in [3.8, 4) is 23.1 Å². The van der Waals surface area contributed by atoms with Crippen molar-refractivity contribution in [1.29, 1.82) is 0 Å². The lowest BCUT2D eigenvalue weighted by Gasteiger charge is -1.96. The fourth-order valence-electron chi connectivity index (χ4n) is 1.38. The molecule has 0 fully saturated rings. The summed E-state index contributed by atoms with van der Waals surface area (Å²) in [6.07, 6.45) is 0.486. The molecule has 0 bridgehead atoms. The Morgan fingerprint density at radius 1 is 1.29 bits per heavy atom. The number of aromatic amines is 1. The monoisotopic (exact) mass is 245 g/mol. The van der Waals surface area contributed by atoms with Crippen LogP contribution in [0.4, 0.5) is 0 Å². The van der Waals surface area contributed by atoms with Gasteiger partial charge in [0.1, 0.15) is 0 Å². The predicted octanol–water partition coefficient (Wildman–Crippen LogP) is 1.84. The summed E-state index contributed by atoms with van der Waals surface area (Å²) in [6.45, 7) is 0.0845. The van der Waals surface area contributed by atoms with Crippen molar-refractivity contribution in [3.05, 3.63) is 44.9 Å². The highest BCUT2D eigenvalue weighted by atomic mass is 32.1. The average Bonchev–Trinajstić information content (AvgIpc) is 2.77. The van der Waals surface area contributed by atoms with Crippen LogP contribution in [0.2, 0.25) is 0 Å². The molecule has 3 nitrogen and oxygen atoms in total. The van der Waals surface area contributed by atoms with Crippen molar-refractivity contribution in [2.75, 3.05) is 6.61 Å². The summed E-state index contributed by atoms with van der Waals surface area (Å²) in [6, 6.07) is 7.63. The molecule has 0 saturated heterocycles. The Hall–Kier alpha value is -1.83. The third kappa shape index (κ3) is 3.06. The Morgan fingerprint density at radius 3 is 2.65 bits per heavy atom. The number of aliphatic hydroxyl groups excluding tert-OH is 1. The molecule has 0 spiro atoms. The van der Waals surface area contributed by atoms with Gasteiger partial charge in [0.2, 0.25) is 0 Å². The van der Waals surface area contributed by atoms with Gasteiger partial charge in [-0.05, 0) is 17.7 Å². The highest BCUT2D eigenvalue weighted by Crippen LogP contribution is 2.17.